The minimum absolute atomic E-state index is 0.0445. The third-order valence-corrected chi connectivity index (χ3v) is 4.21. The summed E-state index contributed by atoms with van der Waals surface area (Å²) in [5.74, 6) is -11.0. The van der Waals surface area contributed by atoms with Gasteiger partial charge in [0.25, 0.3) is 0 Å². The molecule has 3 nitrogen and oxygen atoms in total. The van der Waals surface area contributed by atoms with Crippen LogP contribution in [0.3, 0.4) is 0 Å². The van der Waals surface area contributed by atoms with Crippen LogP contribution in [-0.4, -0.2) is 19.3 Å². The van der Waals surface area contributed by atoms with E-state index in [0.29, 0.717) is 18.2 Å². The first-order chi connectivity index (χ1) is 15.5. The summed E-state index contributed by atoms with van der Waals surface area (Å²) in [5, 5.41) is 0. The maximum atomic E-state index is 14.3. The molecular formula is C22H14F8O3. The fourth-order valence-electron chi connectivity index (χ4n) is 2.76. The molecule has 0 radical (unpaired) electrons. The molecule has 0 saturated heterocycles. The molecular weight excluding hydrogens is 464 g/mol. The lowest BCUT2D eigenvalue weighted by atomic mass is 10.0. The molecule has 0 bridgehead atoms. The lowest BCUT2D eigenvalue weighted by Crippen LogP contribution is -2.32. The van der Waals surface area contributed by atoms with Gasteiger partial charge in [0.15, 0.2) is 35.6 Å². The highest BCUT2D eigenvalue weighted by Crippen LogP contribution is 2.32. The molecule has 0 aliphatic rings. The number of ether oxygens (including phenoxy) is 3. The molecule has 0 aliphatic carbocycles. The summed E-state index contributed by atoms with van der Waals surface area (Å²) < 4.78 is 124. The lowest BCUT2D eigenvalue weighted by molar-refractivity contribution is -0.195. The SMILES string of the molecule is CCOc1ccc(OCC(F)(F)Oc2ccc(-c3cc(F)c(F)c(F)c3)c(F)c2)c(F)c1F. The van der Waals surface area contributed by atoms with Crippen molar-refractivity contribution in [3.63, 3.8) is 0 Å². The summed E-state index contributed by atoms with van der Waals surface area (Å²) in [6.07, 6.45) is -4.11. The fraction of sp³-hybridized carbons (Fsp3) is 0.182. The van der Waals surface area contributed by atoms with Gasteiger partial charge in [0.1, 0.15) is 11.6 Å². The van der Waals surface area contributed by atoms with E-state index in [2.05, 4.69) is 9.47 Å². The minimum atomic E-state index is -4.11. The second kappa shape index (κ2) is 9.55. The topological polar surface area (TPSA) is 27.7 Å². The summed E-state index contributed by atoms with van der Waals surface area (Å²) in [7, 11) is 0. The second-order valence-corrected chi connectivity index (χ2v) is 6.55. The number of benzene rings is 3. The molecule has 0 aromatic heterocycles. The van der Waals surface area contributed by atoms with E-state index in [-0.39, 0.29) is 12.2 Å². The largest absolute Gasteiger partial charge is 0.491 e. The molecule has 0 aliphatic heterocycles. The van der Waals surface area contributed by atoms with E-state index in [9.17, 15) is 35.1 Å². The molecule has 0 saturated carbocycles. The molecule has 0 atom stereocenters. The molecule has 0 amide bonds. The molecule has 0 N–H and O–H groups in total. The fourth-order valence-corrected chi connectivity index (χ4v) is 2.76. The van der Waals surface area contributed by atoms with E-state index in [4.69, 9.17) is 4.74 Å². The third kappa shape index (κ3) is 5.47. The van der Waals surface area contributed by atoms with Crippen molar-refractivity contribution in [3.05, 3.63) is 77.4 Å². The minimum Gasteiger partial charge on any atom is -0.491 e. The van der Waals surface area contributed by atoms with Crippen molar-refractivity contribution in [2.75, 3.05) is 13.2 Å². The van der Waals surface area contributed by atoms with Crippen LogP contribution < -0.4 is 14.2 Å². The third-order valence-electron chi connectivity index (χ3n) is 4.21. The average molecular weight is 478 g/mol. The van der Waals surface area contributed by atoms with Crippen LogP contribution in [0.4, 0.5) is 35.1 Å². The Balaban J connectivity index is 1.73. The summed E-state index contributed by atoms with van der Waals surface area (Å²) >= 11 is 0. The van der Waals surface area contributed by atoms with Gasteiger partial charge in [0, 0.05) is 11.6 Å². The Hall–Kier alpha value is -3.50. The van der Waals surface area contributed by atoms with Crippen LogP contribution in [0, 0.1) is 34.9 Å². The Morgan fingerprint density at radius 3 is 1.82 bits per heavy atom. The Bertz CT molecular complexity index is 1140. The summed E-state index contributed by atoms with van der Waals surface area (Å²) in [6.45, 7) is 0.0171. The lowest BCUT2D eigenvalue weighted by Gasteiger charge is -2.19. The number of hydrogen-bond acceptors (Lipinski definition) is 3. The molecule has 3 rings (SSSR count). The monoisotopic (exact) mass is 478 g/mol. The first kappa shape index (κ1) is 24.1. The van der Waals surface area contributed by atoms with Gasteiger partial charge in [-0.05, 0) is 48.9 Å². The molecule has 3 aromatic carbocycles. The van der Waals surface area contributed by atoms with Crippen LogP contribution in [0.5, 0.6) is 17.2 Å². The second-order valence-electron chi connectivity index (χ2n) is 6.55. The Morgan fingerprint density at radius 1 is 0.697 bits per heavy atom. The van der Waals surface area contributed by atoms with Crippen molar-refractivity contribution < 1.29 is 49.3 Å². The molecule has 0 unspecified atom stereocenters. The maximum absolute atomic E-state index is 14.3. The van der Waals surface area contributed by atoms with Gasteiger partial charge < -0.3 is 14.2 Å². The van der Waals surface area contributed by atoms with Crippen molar-refractivity contribution in [3.8, 4) is 28.4 Å². The van der Waals surface area contributed by atoms with Crippen molar-refractivity contribution in [1.29, 1.82) is 0 Å². The van der Waals surface area contributed by atoms with Crippen LogP contribution in [0.2, 0.25) is 0 Å². The molecule has 3 aromatic rings. The van der Waals surface area contributed by atoms with Gasteiger partial charge in [-0.15, -0.1) is 0 Å². The predicted octanol–water partition coefficient (Wildman–Crippen LogP) is 6.64. The Morgan fingerprint density at radius 2 is 1.27 bits per heavy atom. The van der Waals surface area contributed by atoms with Crippen molar-refractivity contribution in [1.82, 2.24) is 0 Å². The number of alkyl halides is 2. The first-order valence-electron chi connectivity index (χ1n) is 9.27. The highest BCUT2D eigenvalue weighted by Gasteiger charge is 2.34. The van der Waals surface area contributed by atoms with Crippen LogP contribution in [-0.2, 0) is 0 Å². The van der Waals surface area contributed by atoms with Crippen LogP contribution in [0.15, 0.2) is 42.5 Å². The van der Waals surface area contributed by atoms with Crippen LogP contribution in [0.1, 0.15) is 6.92 Å². The van der Waals surface area contributed by atoms with E-state index >= 15 is 0 Å². The van der Waals surface area contributed by atoms with E-state index < -0.39 is 70.4 Å². The first-order valence-corrected chi connectivity index (χ1v) is 9.27. The van der Waals surface area contributed by atoms with E-state index in [1.807, 2.05) is 0 Å². The molecule has 176 valence electrons. The van der Waals surface area contributed by atoms with Crippen molar-refractivity contribution in [2.45, 2.75) is 13.0 Å². The van der Waals surface area contributed by atoms with Gasteiger partial charge in [0.05, 0.1) is 6.61 Å². The Kier molecular flexibility index (Phi) is 6.99. The summed E-state index contributed by atoms with van der Waals surface area (Å²) in [5.41, 5.74) is -0.787. The van der Waals surface area contributed by atoms with Gasteiger partial charge in [-0.3, -0.25) is 0 Å². The molecule has 11 heteroatoms. The van der Waals surface area contributed by atoms with Gasteiger partial charge in [-0.2, -0.15) is 17.6 Å². The average Bonchev–Trinajstić information content (AvgIpc) is 2.74. The number of halogens is 8. The van der Waals surface area contributed by atoms with Crippen LogP contribution in [0.25, 0.3) is 11.1 Å². The quantitative estimate of drug-likeness (QED) is 0.269. The maximum Gasteiger partial charge on any atom is 0.433 e. The van der Waals surface area contributed by atoms with E-state index in [0.717, 1.165) is 24.3 Å². The normalized spacial score (nSPS) is 11.4. The smallest absolute Gasteiger partial charge is 0.433 e. The van der Waals surface area contributed by atoms with Gasteiger partial charge in [-0.1, -0.05) is 0 Å². The van der Waals surface area contributed by atoms with Gasteiger partial charge >= 0.3 is 6.11 Å². The number of rotatable bonds is 8. The molecule has 0 fully saturated rings. The zero-order valence-corrected chi connectivity index (χ0v) is 16.7. The molecule has 0 spiro atoms. The van der Waals surface area contributed by atoms with E-state index in [1.54, 1.807) is 0 Å². The molecule has 33 heavy (non-hydrogen) atoms. The highest BCUT2D eigenvalue weighted by atomic mass is 19.3. The van der Waals surface area contributed by atoms with Crippen molar-refractivity contribution >= 4 is 0 Å². The van der Waals surface area contributed by atoms with Crippen molar-refractivity contribution in [2.24, 2.45) is 0 Å². The zero-order valence-electron chi connectivity index (χ0n) is 16.7. The predicted molar refractivity (Wildman–Crippen MR) is 100 cm³/mol. The Labute approximate surface area is 182 Å². The summed E-state index contributed by atoms with van der Waals surface area (Å²) in [4.78, 5) is 0. The highest BCUT2D eigenvalue weighted by molar-refractivity contribution is 5.65. The van der Waals surface area contributed by atoms with Gasteiger partial charge in [0.2, 0.25) is 11.6 Å². The summed E-state index contributed by atoms with van der Waals surface area (Å²) in [6, 6.07) is 5.19. The molecule has 0 heterocycles. The zero-order chi connectivity index (χ0) is 24.3. The van der Waals surface area contributed by atoms with E-state index in [1.165, 1.54) is 6.92 Å². The van der Waals surface area contributed by atoms with Crippen LogP contribution >= 0.6 is 0 Å². The standard InChI is InChI=1S/C22H14F8O3/c1-2-31-17-5-6-18(21(28)20(17)27)32-10-22(29,30)33-12-3-4-13(14(23)9-12)11-7-15(24)19(26)16(25)8-11/h3-9H,2,10H2,1H3. The van der Waals surface area contributed by atoms with Gasteiger partial charge in [-0.25, -0.2) is 17.6 Å². The number of hydrogen-bond donors (Lipinski definition) is 0.